The van der Waals surface area contributed by atoms with Crippen molar-refractivity contribution < 1.29 is 8.78 Å². The first-order valence-corrected chi connectivity index (χ1v) is 3.65. The van der Waals surface area contributed by atoms with Crippen LogP contribution in [0, 0.1) is 0 Å². The largest absolute Gasteiger partial charge is 0.324 e. The van der Waals surface area contributed by atoms with Gasteiger partial charge in [0.05, 0.1) is 6.20 Å². The zero-order valence-electron chi connectivity index (χ0n) is 7.15. The third kappa shape index (κ3) is 3.69. The van der Waals surface area contributed by atoms with Crippen molar-refractivity contribution in [2.24, 2.45) is 5.73 Å². The van der Waals surface area contributed by atoms with Gasteiger partial charge in [-0.1, -0.05) is 0 Å². The molecule has 0 bridgehead atoms. The molecule has 3 nitrogen and oxygen atoms in total. The van der Waals surface area contributed by atoms with Gasteiger partial charge in [0.2, 0.25) is 0 Å². The van der Waals surface area contributed by atoms with Crippen molar-refractivity contribution in [3.8, 4) is 0 Å². The Labute approximate surface area is 81.3 Å². The van der Waals surface area contributed by atoms with Crippen LogP contribution in [0.3, 0.4) is 0 Å². The van der Waals surface area contributed by atoms with Gasteiger partial charge in [-0.05, 0) is 6.92 Å². The van der Waals surface area contributed by atoms with Crippen molar-refractivity contribution in [2.45, 2.75) is 25.9 Å². The molecule has 0 saturated heterocycles. The molecule has 0 aromatic carbocycles. The Morgan fingerprint density at radius 1 is 1.62 bits per heavy atom. The highest BCUT2D eigenvalue weighted by Crippen LogP contribution is 2.08. The lowest BCUT2D eigenvalue weighted by Gasteiger charge is -1.99. The first-order valence-electron chi connectivity index (χ1n) is 3.65. The summed E-state index contributed by atoms with van der Waals surface area (Å²) in [6, 6.07) is -0.156. The molecule has 0 saturated carbocycles. The molecule has 1 aromatic rings. The highest BCUT2D eigenvalue weighted by Gasteiger charge is 2.07. The molecule has 76 valence electrons. The Hall–Kier alpha value is -0.680. The maximum Gasteiger partial charge on any atom is 0.257 e. The number of nitrogens with zero attached hydrogens (tertiary/aromatic N) is 2. The normalized spacial score (nSPS) is 12.7. The zero-order chi connectivity index (χ0) is 9.14. The topological polar surface area (TPSA) is 43.8 Å². The Morgan fingerprint density at radius 2 is 2.23 bits per heavy atom. The van der Waals surface area contributed by atoms with E-state index in [9.17, 15) is 8.78 Å². The fraction of sp³-hybridized carbons (Fsp3) is 0.571. The molecule has 1 aromatic heterocycles. The van der Waals surface area contributed by atoms with Gasteiger partial charge in [0.1, 0.15) is 6.54 Å². The molecule has 0 aliphatic rings. The zero-order valence-corrected chi connectivity index (χ0v) is 7.97. The predicted octanol–water partition coefficient (Wildman–Crippen LogP) is 1.59. The molecule has 1 unspecified atom stereocenters. The van der Waals surface area contributed by atoms with Crippen LogP contribution < -0.4 is 5.73 Å². The quantitative estimate of drug-likeness (QED) is 0.825. The van der Waals surface area contributed by atoms with Crippen LogP contribution in [0.15, 0.2) is 12.4 Å². The van der Waals surface area contributed by atoms with Crippen molar-refractivity contribution in [1.29, 1.82) is 0 Å². The van der Waals surface area contributed by atoms with Gasteiger partial charge >= 0.3 is 0 Å². The van der Waals surface area contributed by atoms with E-state index in [-0.39, 0.29) is 25.0 Å². The molecule has 1 rings (SSSR count). The SMILES string of the molecule is CC(N)c1cnn(CC(F)F)c1.Cl. The summed E-state index contributed by atoms with van der Waals surface area (Å²) in [6.45, 7) is 1.41. The van der Waals surface area contributed by atoms with Crippen molar-refractivity contribution in [2.75, 3.05) is 0 Å². The van der Waals surface area contributed by atoms with E-state index >= 15 is 0 Å². The second kappa shape index (κ2) is 5.14. The average molecular weight is 212 g/mol. The molecular weight excluding hydrogens is 200 g/mol. The van der Waals surface area contributed by atoms with E-state index in [0.717, 1.165) is 5.56 Å². The van der Waals surface area contributed by atoms with Crippen LogP contribution in [-0.4, -0.2) is 16.2 Å². The summed E-state index contributed by atoms with van der Waals surface area (Å²) in [6.07, 6.45) is 0.676. The third-order valence-corrected chi connectivity index (χ3v) is 1.50. The molecule has 0 aliphatic carbocycles. The fourth-order valence-electron chi connectivity index (χ4n) is 0.856. The predicted molar refractivity (Wildman–Crippen MR) is 48.1 cm³/mol. The lowest BCUT2D eigenvalue weighted by atomic mass is 10.2. The first kappa shape index (κ1) is 12.3. The van der Waals surface area contributed by atoms with Gasteiger partial charge in [-0.2, -0.15) is 5.10 Å². The number of aromatic nitrogens is 2. The Morgan fingerprint density at radius 3 is 2.62 bits per heavy atom. The molecule has 0 radical (unpaired) electrons. The van der Waals surface area contributed by atoms with E-state index in [0.29, 0.717) is 0 Å². The number of hydrogen-bond donors (Lipinski definition) is 1. The van der Waals surface area contributed by atoms with Crippen LogP contribution >= 0.6 is 12.4 Å². The summed E-state index contributed by atoms with van der Waals surface area (Å²) in [5.74, 6) is 0. The van der Waals surface area contributed by atoms with Crippen molar-refractivity contribution in [3.63, 3.8) is 0 Å². The molecule has 13 heavy (non-hydrogen) atoms. The van der Waals surface area contributed by atoms with Crippen molar-refractivity contribution >= 4 is 12.4 Å². The highest BCUT2D eigenvalue weighted by atomic mass is 35.5. The minimum Gasteiger partial charge on any atom is -0.324 e. The highest BCUT2D eigenvalue weighted by molar-refractivity contribution is 5.85. The van der Waals surface area contributed by atoms with Crippen molar-refractivity contribution in [3.05, 3.63) is 18.0 Å². The lowest BCUT2D eigenvalue weighted by Crippen LogP contribution is -2.07. The fourth-order valence-corrected chi connectivity index (χ4v) is 0.856. The summed E-state index contributed by atoms with van der Waals surface area (Å²) in [5.41, 5.74) is 6.29. The molecular formula is C7H12ClF2N3. The number of nitrogens with two attached hydrogens (primary N) is 1. The van der Waals surface area contributed by atoms with Gasteiger partial charge in [0.15, 0.2) is 0 Å². The third-order valence-electron chi connectivity index (χ3n) is 1.50. The van der Waals surface area contributed by atoms with Gasteiger partial charge < -0.3 is 5.73 Å². The smallest absolute Gasteiger partial charge is 0.257 e. The molecule has 0 amide bonds. The van der Waals surface area contributed by atoms with Crippen LogP contribution in [-0.2, 0) is 6.54 Å². The van der Waals surface area contributed by atoms with Crippen LogP contribution in [0.5, 0.6) is 0 Å². The molecule has 1 heterocycles. The number of alkyl halides is 2. The van der Waals surface area contributed by atoms with Crippen LogP contribution in [0.25, 0.3) is 0 Å². The summed E-state index contributed by atoms with van der Waals surface area (Å²) >= 11 is 0. The van der Waals surface area contributed by atoms with E-state index < -0.39 is 6.43 Å². The number of halogens is 3. The maximum atomic E-state index is 11.8. The monoisotopic (exact) mass is 211 g/mol. The van der Waals surface area contributed by atoms with Crippen LogP contribution in [0.2, 0.25) is 0 Å². The standard InChI is InChI=1S/C7H11F2N3.ClH/c1-5(10)6-2-11-12(3-6)4-7(8)9;/h2-3,5,7H,4,10H2,1H3;1H. The minimum atomic E-state index is -2.37. The van der Waals surface area contributed by atoms with E-state index in [2.05, 4.69) is 5.10 Å². The molecule has 0 aliphatic heterocycles. The summed E-state index contributed by atoms with van der Waals surface area (Å²) in [7, 11) is 0. The Bertz CT molecular complexity index is 250. The lowest BCUT2D eigenvalue weighted by molar-refractivity contribution is 0.122. The molecule has 1 atom stereocenters. The van der Waals surface area contributed by atoms with E-state index in [4.69, 9.17) is 5.73 Å². The van der Waals surface area contributed by atoms with E-state index in [1.54, 1.807) is 6.92 Å². The Kier molecular flexibility index (Phi) is 4.87. The second-order valence-corrected chi connectivity index (χ2v) is 2.68. The van der Waals surface area contributed by atoms with Gasteiger partial charge in [0, 0.05) is 17.8 Å². The number of rotatable bonds is 3. The summed E-state index contributed by atoms with van der Waals surface area (Å²) in [4.78, 5) is 0. The first-order chi connectivity index (χ1) is 5.59. The maximum absolute atomic E-state index is 11.8. The van der Waals surface area contributed by atoms with Crippen LogP contribution in [0.1, 0.15) is 18.5 Å². The summed E-state index contributed by atoms with van der Waals surface area (Å²) < 4.78 is 24.9. The van der Waals surface area contributed by atoms with Gasteiger partial charge in [0.25, 0.3) is 6.43 Å². The molecule has 0 spiro atoms. The van der Waals surface area contributed by atoms with E-state index in [1.165, 1.54) is 17.1 Å². The summed E-state index contributed by atoms with van der Waals surface area (Å²) in [5, 5.41) is 3.73. The molecule has 6 heteroatoms. The van der Waals surface area contributed by atoms with Gasteiger partial charge in [-0.25, -0.2) is 8.78 Å². The average Bonchev–Trinajstić information content (AvgIpc) is 2.34. The van der Waals surface area contributed by atoms with Gasteiger partial charge in [-0.3, -0.25) is 4.68 Å². The minimum absolute atomic E-state index is 0. The molecule has 0 fully saturated rings. The second-order valence-electron chi connectivity index (χ2n) is 2.68. The van der Waals surface area contributed by atoms with E-state index in [1.807, 2.05) is 0 Å². The molecule has 2 N–H and O–H groups in total. The van der Waals surface area contributed by atoms with Crippen molar-refractivity contribution in [1.82, 2.24) is 9.78 Å². The number of hydrogen-bond acceptors (Lipinski definition) is 2. The van der Waals surface area contributed by atoms with Gasteiger partial charge in [-0.15, -0.1) is 12.4 Å². The Balaban J connectivity index is 0.00000144. The van der Waals surface area contributed by atoms with Crippen LogP contribution in [0.4, 0.5) is 8.78 Å².